The second-order valence-electron chi connectivity index (χ2n) is 3.27. The average molecular weight is 292 g/mol. The molecule has 0 spiro atoms. The van der Waals surface area contributed by atoms with Crippen molar-refractivity contribution in [2.45, 2.75) is 13.0 Å². The molecule has 1 aromatic heterocycles. The first-order valence-corrected chi connectivity index (χ1v) is 6.56. The van der Waals surface area contributed by atoms with Gasteiger partial charge in [0.05, 0.1) is 12.0 Å². The monoisotopic (exact) mass is 291 g/mol. The summed E-state index contributed by atoms with van der Waals surface area (Å²) in [5, 5.41) is 2.61. The second kappa shape index (κ2) is 5.51. The lowest BCUT2D eigenvalue weighted by Crippen LogP contribution is -2.35. The van der Waals surface area contributed by atoms with Gasteiger partial charge in [0.25, 0.3) is 5.91 Å². The number of ether oxygens (including phenoxy) is 1. The number of alkyl halides is 1. The largest absolute Gasteiger partial charge is 0.496 e. The van der Waals surface area contributed by atoms with Crippen molar-refractivity contribution in [3.8, 4) is 5.75 Å². The van der Waals surface area contributed by atoms with E-state index in [1.54, 1.807) is 25.1 Å². The molecule has 1 atom stereocenters. The van der Waals surface area contributed by atoms with Gasteiger partial charge in [0.15, 0.2) is 0 Å². The third-order valence-electron chi connectivity index (χ3n) is 2.23. The van der Waals surface area contributed by atoms with Crippen LogP contribution in [0.1, 0.15) is 16.6 Å². The molecule has 0 aromatic carbocycles. The highest BCUT2D eigenvalue weighted by Gasteiger charge is 2.18. The van der Waals surface area contributed by atoms with Crippen LogP contribution in [0.25, 0.3) is 0 Å². The van der Waals surface area contributed by atoms with E-state index in [-0.39, 0.29) is 11.9 Å². The van der Waals surface area contributed by atoms with Gasteiger partial charge in [-0.25, -0.2) is 0 Å². The Morgan fingerprint density at radius 3 is 2.87 bits per heavy atom. The van der Waals surface area contributed by atoms with Gasteiger partial charge in [-0.3, -0.25) is 4.79 Å². The Morgan fingerprint density at radius 1 is 1.73 bits per heavy atom. The van der Waals surface area contributed by atoms with Crippen LogP contribution in [0.3, 0.4) is 0 Å². The van der Waals surface area contributed by atoms with E-state index in [4.69, 9.17) is 4.74 Å². The molecule has 0 bridgehead atoms. The molecule has 84 valence electrons. The standard InChI is InChI=1S/C10H14BrNO2S/c1-7(5-11)12(2)10(13)9-4-8(14-3)6-15-9/h4,6-7H,5H2,1-3H3. The Hall–Kier alpha value is -0.550. The van der Waals surface area contributed by atoms with E-state index in [9.17, 15) is 4.79 Å². The predicted molar refractivity (Wildman–Crippen MR) is 66.2 cm³/mol. The number of thiophene rings is 1. The molecule has 0 radical (unpaired) electrons. The summed E-state index contributed by atoms with van der Waals surface area (Å²) in [7, 11) is 3.40. The van der Waals surface area contributed by atoms with Gasteiger partial charge in [0.2, 0.25) is 0 Å². The van der Waals surface area contributed by atoms with Gasteiger partial charge in [0.1, 0.15) is 5.75 Å². The predicted octanol–water partition coefficient (Wildman–Crippen LogP) is 2.61. The van der Waals surface area contributed by atoms with E-state index in [1.165, 1.54) is 11.3 Å². The third-order valence-corrected chi connectivity index (χ3v) is 4.06. The van der Waals surface area contributed by atoms with Crippen molar-refractivity contribution < 1.29 is 9.53 Å². The fraction of sp³-hybridized carbons (Fsp3) is 0.500. The topological polar surface area (TPSA) is 29.5 Å². The molecule has 1 heterocycles. The minimum atomic E-state index is 0.0373. The number of rotatable bonds is 4. The van der Waals surface area contributed by atoms with Crippen molar-refractivity contribution >= 4 is 33.2 Å². The normalized spacial score (nSPS) is 12.3. The molecule has 1 aromatic rings. The summed E-state index contributed by atoms with van der Waals surface area (Å²) in [5.74, 6) is 0.776. The van der Waals surface area contributed by atoms with Crippen LogP contribution in [0, 0.1) is 0 Å². The maximum atomic E-state index is 11.9. The first kappa shape index (κ1) is 12.5. The quantitative estimate of drug-likeness (QED) is 0.798. The molecule has 5 heteroatoms. The zero-order valence-electron chi connectivity index (χ0n) is 8.99. The summed E-state index contributed by atoms with van der Waals surface area (Å²) >= 11 is 4.77. The number of hydrogen-bond donors (Lipinski definition) is 0. The van der Waals surface area contributed by atoms with Gasteiger partial charge in [0, 0.05) is 29.9 Å². The highest BCUT2D eigenvalue weighted by Crippen LogP contribution is 2.22. The number of carbonyl (C=O) groups excluding carboxylic acids is 1. The lowest BCUT2D eigenvalue weighted by atomic mass is 10.3. The van der Waals surface area contributed by atoms with E-state index in [0.29, 0.717) is 4.88 Å². The smallest absolute Gasteiger partial charge is 0.264 e. The van der Waals surface area contributed by atoms with Crippen LogP contribution < -0.4 is 4.74 Å². The Balaban J connectivity index is 2.75. The van der Waals surface area contributed by atoms with Crippen LogP contribution >= 0.6 is 27.3 Å². The van der Waals surface area contributed by atoms with Gasteiger partial charge in [-0.15, -0.1) is 11.3 Å². The molecule has 1 amide bonds. The third kappa shape index (κ3) is 2.95. The van der Waals surface area contributed by atoms with E-state index < -0.39 is 0 Å². The Labute approximate surface area is 102 Å². The van der Waals surface area contributed by atoms with Crippen LogP contribution in [0.4, 0.5) is 0 Å². The summed E-state index contributed by atoms with van der Waals surface area (Å²) < 4.78 is 5.04. The average Bonchev–Trinajstić information content (AvgIpc) is 2.74. The van der Waals surface area contributed by atoms with Gasteiger partial charge < -0.3 is 9.64 Å². The lowest BCUT2D eigenvalue weighted by Gasteiger charge is -2.22. The van der Waals surface area contributed by atoms with Crippen LogP contribution in [0.15, 0.2) is 11.4 Å². The molecular weight excluding hydrogens is 278 g/mol. The highest BCUT2D eigenvalue weighted by atomic mass is 79.9. The van der Waals surface area contributed by atoms with Crippen LogP contribution in [0.2, 0.25) is 0 Å². The van der Waals surface area contributed by atoms with Crippen molar-refractivity contribution in [1.82, 2.24) is 4.90 Å². The number of carbonyl (C=O) groups is 1. The summed E-state index contributed by atoms with van der Waals surface area (Å²) in [6.45, 7) is 2.00. The summed E-state index contributed by atoms with van der Waals surface area (Å²) in [6.07, 6.45) is 0. The molecule has 1 rings (SSSR count). The van der Waals surface area contributed by atoms with Gasteiger partial charge in [-0.05, 0) is 6.92 Å². The zero-order valence-corrected chi connectivity index (χ0v) is 11.4. The minimum absolute atomic E-state index is 0.0373. The maximum absolute atomic E-state index is 11.9. The Bertz CT molecular complexity index is 340. The summed E-state index contributed by atoms with van der Waals surface area (Å²) in [5.41, 5.74) is 0. The molecule has 15 heavy (non-hydrogen) atoms. The van der Waals surface area contributed by atoms with E-state index in [2.05, 4.69) is 15.9 Å². The van der Waals surface area contributed by atoms with Gasteiger partial charge in [-0.2, -0.15) is 0 Å². The van der Waals surface area contributed by atoms with Crippen molar-refractivity contribution in [2.24, 2.45) is 0 Å². The molecule has 0 fully saturated rings. The van der Waals surface area contributed by atoms with Gasteiger partial charge in [-0.1, -0.05) is 15.9 Å². The van der Waals surface area contributed by atoms with E-state index in [0.717, 1.165) is 11.1 Å². The molecule has 0 saturated carbocycles. The highest BCUT2D eigenvalue weighted by molar-refractivity contribution is 9.09. The summed E-state index contributed by atoms with van der Waals surface area (Å²) in [4.78, 5) is 14.4. The van der Waals surface area contributed by atoms with Crippen molar-refractivity contribution in [1.29, 1.82) is 0 Å². The summed E-state index contributed by atoms with van der Waals surface area (Å²) in [6, 6.07) is 1.95. The number of methoxy groups -OCH3 is 1. The first-order valence-electron chi connectivity index (χ1n) is 4.55. The van der Waals surface area contributed by atoms with Crippen molar-refractivity contribution in [2.75, 3.05) is 19.5 Å². The molecular formula is C10H14BrNO2S. The number of hydrogen-bond acceptors (Lipinski definition) is 3. The van der Waals surface area contributed by atoms with Crippen LogP contribution in [-0.2, 0) is 0 Å². The Kier molecular flexibility index (Phi) is 4.60. The van der Waals surface area contributed by atoms with Crippen LogP contribution in [-0.4, -0.2) is 36.3 Å². The number of amides is 1. The second-order valence-corrected chi connectivity index (χ2v) is 4.83. The number of halogens is 1. The van der Waals surface area contributed by atoms with E-state index in [1.807, 2.05) is 12.3 Å². The van der Waals surface area contributed by atoms with Gasteiger partial charge >= 0.3 is 0 Å². The maximum Gasteiger partial charge on any atom is 0.264 e. The zero-order chi connectivity index (χ0) is 11.4. The Morgan fingerprint density at radius 2 is 2.40 bits per heavy atom. The lowest BCUT2D eigenvalue weighted by molar-refractivity contribution is 0.0763. The molecule has 0 aliphatic carbocycles. The SMILES string of the molecule is COc1csc(C(=O)N(C)C(C)CBr)c1. The first-order chi connectivity index (χ1) is 7.10. The van der Waals surface area contributed by atoms with Crippen LogP contribution in [0.5, 0.6) is 5.75 Å². The van der Waals surface area contributed by atoms with E-state index >= 15 is 0 Å². The minimum Gasteiger partial charge on any atom is -0.496 e. The molecule has 3 nitrogen and oxygen atoms in total. The number of nitrogens with zero attached hydrogens (tertiary/aromatic N) is 1. The molecule has 0 N–H and O–H groups in total. The fourth-order valence-electron chi connectivity index (χ4n) is 1.02. The fourth-order valence-corrected chi connectivity index (χ4v) is 2.29. The molecule has 0 aliphatic heterocycles. The molecule has 1 unspecified atom stereocenters. The molecule has 0 saturated heterocycles. The van der Waals surface area contributed by atoms with Crippen molar-refractivity contribution in [3.63, 3.8) is 0 Å². The molecule has 0 aliphatic rings. The van der Waals surface area contributed by atoms with Crippen molar-refractivity contribution in [3.05, 3.63) is 16.3 Å².